The fraction of sp³-hybridized carbons (Fsp3) is 0.450. The quantitative estimate of drug-likeness (QED) is 0.785. The summed E-state index contributed by atoms with van der Waals surface area (Å²) in [6.07, 6.45) is 0. The molecule has 144 valence electrons. The molecule has 2 heterocycles. The number of rotatable bonds is 6. The van der Waals surface area contributed by atoms with Crippen LogP contribution in [0.15, 0.2) is 24.3 Å². The van der Waals surface area contributed by atoms with E-state index >= 15 is 0 Å². The standard InChI is InChI=1S/C20H26N4O3/c1-14-10-15(2)12-17(11-14)20(25)21-4-7-27-19-13-18(22-16(3)23-19)24-5-8-26-9-6-24/h10-13H,4-9H2,1-3H3,(H,21,25). The van der Waals surface area contributed by atoms with Crippen LogP contribution in [0, 0.1) is 20.8 Å². The largest absolute Gasteiger partial charge is 0.476 e. The number of morpholine rings is 1. The van der Waals surface area contributed by atoms with E-state index in [1.54, 1.807) is 0 Å². The molecule has 7 heteroatoms. The molecule has 1 fully saturated rings. The van der Waals surface area contributed by atoms with Gasteiger partial charge >= 0.3 is 0 Å². The highest BCUT2D eigenvalue weighted by molar-refractivity contribution is 5.94. The van der Waals surface area contributed by atoms with Crippen LogP contribution in [-0.4, -0.2) is 55.3 Å². The van der Waals surface area contributed by atoms with Crippen molar-refractivity contribution in [3.8, 4) is 5.88 Å². The van der Waals surface area contributed by atoms with Gasteiger partial charge in [0.1, 0.15) is 18.2 Å². The number of carbonyl (C=O) groups excluding carboxylic acids is 1. The second kappa shape index (κ2) is 8.81. The molecular weight excluding hydrogens is 344 g/mol. The fourth-order valence-corrected chi connectivity index (χ4v) is 3.08. The van der Waals surface area contributed by atoms with Crippen LogP contribution < -0.4 is 15.0 Å². The number of ether oxygens (including phenoxy) is 2. The van der Waals surface area contributed by atoms with E-state index in [0.29, 0.717) is 43.6 Å². The van der Waals surface area contributed by atoms with E-state index < -0.39 is 0 Å². The van der Waals surface area contributed by atoms with Crippen molar-refractivity contribution in [3.63, 3.8) is 0 Å². The highest BCUT2D eigenvalue weighted by Gasteiger charge is 2.14. The third-order valence-electron chi connectivity index (χ3n) is 4.26. The summed E-state index contributed by atoms with van der Waals surface area (Å²) in [4.78, 5) is 23.2. The summed E-state index contributed by atoms with van der Waals surface area (Å²) < 4.78 is 11.1. The molecule has 0 aliphatic carbocycles. The van der Waals surface area contributed by atoms with Gasteiger partial charge in [-0.05, 0) is 32.9 Å². The summed E-state index contributed by atoms with van der Waals surface area (Å²) in [5, 5.41) is 2.88. The van der Waals surface area contributed by atoms with Gasteiger partial charge in [-0.3, -0.25) is 4.79 Å². The maximum absolute atomic E-state index is 12.3. The van der Waals surface area contributed by atoms with Crippen molar-refractivity contribution in [2.45, 2.75) is 20.8 Å². The summed E-state index contributed by atoms with van der Waals surface area (Å²) in [5.74, 6) is 1.93. The Kier molecular flexibility index (Phi) is 6.24. The van der Waals surface area contributed by atoms with Crippen LogP contribution in [0.5, 0.6) is 5.88 Å². The van der Waals surface area contributed by atoms with Crippen LogP contribution in [-0.2, 0) is 4.74 Å². The molecule has 0 atom stereocenters. The molecule has 3 rings (SSSR count). The molecule has 2 aromatic rings. The fourth-order valence-electron chi connectivity index (χ4n) is 3.08. The van der Waals surface area contributed by atoms with E-state index in [9.17, 15) is 4.79 Å². The summed E-state index contributed by atoms with van der Waals surface area (Å²) in [5.41, 5.74) is 2.81. The van der Waals surface area contributed by atoms with Gasteiger partial charge in [-0.1, -0.05) is 17.2 Å². The Balaban J connectivity index is 1.52. The van der Waals surface area contributed by atoms with Gasteiger partial charge in [0, 0.05) is 24.7 Å². The van der Waals surface area contributed by atoms with Crippen LogP contribution in [0.25, 0.3) is 0 Å². The van der Waals surface area contributed by atoms with E-state index in [1.165, 1.54) is 0 Å². The molecule has 1 aliphatic heterocycles. The topological polar surface area (TPSA) is 76.6 Å². The zero-order valence-electron chi connectivity index (χ0n) is 16.1. The average Bonchev–Trinajstić information content (AvgIpc) is 2.64. The predicted octanol–water partition coefficient (Wildman–Crippen LogP) is 2.05. The lowest BCUT2D eigenvalue weighted by Gasteiger charge is -2.28. The van der Waals surface area contributed by atoms with Gasteiger partial charge < -0.3 is 19.7 Å². The third kappa shape index (κ3) is 5.40. The van der Waals surface area contributed by atoms with E-state index in [1.807, 2.05) is 45.0 Å². The molecule has 1 aliphatic rings. The number of nitrogens with one attached hydrogen (secondary N) is 1. The number of carbonyl (C=O) groups is 1. The Labute approximate surface area is 159 Å². The number of hydrogen-bond acceptors (Lipinski definition) is 6. The van der Waals surface area contributed by atoms with Crippen LogP contribution in [0.4, 0.5) is 5.82 Å². The highest BCUT2D eigenvalue weighted by atomic mass is 16.5. The van der Waals surface area contributed by atoms with Gasteiger partial charge in [0.2, 0.25) is 5.88 Å². The van der Waals surface area contributed by atoms with Crippen molar-refractivity contribution in [2.75, 3.05) is 44.4 Å². The van der Waals surface area contributed by atoms with E-state index in [-0.39, 0.29) is 5.91 Å². The molecule has 7 nitrogen and oxygen atoms in total. The first-order chi connectivity index (χ1) is 13.0. The van der Waals surface area contributed by atoms with E-state index in [4.69, 9.17) is 9.47 Å². The lowest BCUT2D eigenvalue weighted by molar-refractivity contribution is 0.0946. The number of aryl methyl sites for hydroxylation is 3. The van der Waals surface area contributed by atoms with E-state index in [0.717, 1.165) is 30.0 Å². The SMILES string of the molecule is Cc1cc(C)cc(C(=O)NCCOc2cc(N3CCOCC3)nc(C)n2)c1. The summed E-state index contributed by atoms with van der Waals surface area (Å²) in [7, 11) is 0. The zero-order valence-corrected chi connectivity index (χ0v) is 16.1. The van der Waals surface area contributed by atoms with Crippen LogP contribution in [0.2, 0.25) is 0 Å². The molecule has 0 unspecified atom stereocenters. The van der Waals surface area contributed by atoms with Gasteiger partial charge in [0.25, 0.3) is 5.91 Å². The van der Waals surface area contributed by atoms with Crippen molar-refractivity contribution < 1.29 is 14.3 Å². The number of aromatic nitrogens is 2. The van der Waals surface area contributed by atoms with Crippen LogP contribution >= 0.6 is 0 Å². The van der Waals surface area contributed by atoms with Crippen molar-refractivity contribution in [3.05, 3.63) is 46.8 Å². The lowest BCUT2D eigenvalue weighted by Crippen LogP contribution is -2.37. The van der Waals surface area contributed by atoms with Gasteiger partial charge in [-0.25, -0.2) is 4.98 Å². The predicted molar refractivity (Wildman–Crippen MR) is 104 cm³/mol. The smallest absolute Gasteiger partial charge is 0.251 e. The first-order valence-corrected chi connectivity index (χ1v) is 9.19. The minimum absolute atomic E-state index is 0.0988. The van der Waals surface area contributed by atoms with Gasteiger partial charge in [0.05, 0.1) is 19.8 Å². The summed E-state index contributed by atoms with van der Waals surface area (Å²) >= 11 is 0. The van der Waals surface area contributed by atoms with E-state index in [2.05, 4.69) is 20.2 Å². The van der Waals surface area contributed by atoms with Crippen molar-refractivity contribution >= 4 is 11.7 Å². The molecular formula is C20H26N4O3. The summed E-state index contributed by atoms with van der Waals surface area (Å²) in [6.45, 7) is 9.57. The third-order valence-corrected chi connectivity index (χ3v) is 4.26. The van der Waals surface area contributed by atoms with Crippen molar-refractivity contribution in [1.82, 2.24) is 15.3 Å². The summed E-state index contributed by atoms with van der Waals surface area (Å²) in [6, 6.07) is 7.64. The Morgan fingerprint density at radius 2 is 1.81 bits per heavy atom. The molecule has 1 saturated heterocycles. The Bertz CT molecular complexity index is 784. The number of benzene rings is 1. The maximum Gasteiger partial charge on any atom is 0.251 e. The Hall–Kier alpha value is -2.67. The number of nitrogens with zero attached hydrogens (tertiary/aromatic N) is 3. The van der Waals surface area contributed by atoms with Crippen LogP contribution in [0.1, 0.15) is 27.3 Å². The van der Waals surface area contributed by atoms with Crippen molar-refractivity contribution in [1.29, 1.82) is 0 Å². The van der Waals surface area contributed by atoms with Crippen molar-refractivity contribution in [2.24, 2.45) is 0 Å². The molecule has 1 aromatic carbocycles. The van der Waals surface area contributed by atoms with Gasteiger partial charge in [-0.15, -0.1) is 0 Å². The Morgan fingerprint density at radius 3 is 2.52 bits per heavy atom. The van der Waals surface area contributed by atoms with Crippen LogP contribution in [0.3, 0.4) is 0 Å². The lowest BCUT2D eigenvalue weighted by atomic mass is 10.1. The van der Waals surface area contributed by atoms with Gasteiger partial charge in [-0.2, -0.15) is 4.98 Å². The Morgan fingerprint density at radius 1 is 1.11 bits per heavy atom. The molecule has 0 radical (unpaired) electrons. The highest BCUT2D eigenvalue weighted by Crippen LogP contribution is 2.18. The second-order valence-electron chi connectivity index (χ2n) is 6.69. The molecule has 0 saturated carbocycles. The average molecular weight is 370 g/mol. The first-order valence-electron chi connectivity index (χ1n) is 9.19. The molecule has 1 aromatic heterocycles. The molecule has 0 bridgehead atoms. The maximum atomic E-state index is 12.3. The monoisotopic (exact) mass is 370 g/mol. The number of hydrogen-bond donors (Lipinski definition) is 1. The second-order valence-corrected chi connectivity index (χ2v) is 6.69. The first kappa shape index (κ1) is 19.1. The minimum atomic E-state index is -0.0988. The zero-order chi connectivity index (χ0) is 19.2. The molecule has 1 N–H and O–H groups in total. The number of anilines is 1. The molecule has 27 heavy (non-hydrogen) atoms. The van der Waals surface area contributed by atoms with Gasteiger partial charge in [0.15, 0.2) is 0 Å². The molecule has 0 spiro atoms. The number of amides is 1. The minimum Gasteiger partial charge on any atom is -0.476 e. The normalized spacial score (nSPS) is 14.1. The molecule has 1 amide bonds.